The third-order valence-corrected chi connectivity index (χ3v) is 2.07. The van der Waals surface area contributed by atoms with Gasteiger partial charge in [-0.3, -0.25) is 0 Å². The fraction of sp³-hybridized carbons (Fsp3) is 0.909. The van der Waals surface area contributed by atoms with Gasteiger partial charge in [0.1, 0.15) is 6.04 Å². The summed E-state index contributed by atoms with van der Waals surface area (Å²) in [4.78, 5) is 0. The monoisotopic (exact) mass is 198 g/mol. The van der Waals surface area contributed by atoms with Crippen molar-refractivity contribution in [2.75, 3.05) is 19.8 Å². The summed E-state index contributed by atoms with van der Waals surface area (Å²) < 4.78 is 5.47. The first kappa shape index (κ1) is 13.4. The number of nitrogens with zero attached hydrogens (tertiary/aromatic N) is 1. The van der Waals surface area contributed by atoms with Crippen LogP contribution in [-0.2, 0) is 4.74 Å². The van der Waals surface area contributed by atoms with Crippen molar-refractivity contribution in [2.24, 2.45) is 5.92 Å². The molecular formula is C11H22N2O. The molecule has 2 unspecified atom stereocenters. The Bertz CT molecular complexity index is 165. The lowest BCUT2D eigenvalue weighted by Gasteiger charge is -2.13. The SMILES string of the molecule is CCCC(C)COCC(C#N)NCC. The third kappa shape index (κ3) is 6.88. The molecule has 3 nitrogen and oxygen atoms in total. The molecule has 0 aromatic heterocycles. The summed E-state index contributed by atoms with van der Waals surface area (Å²) in [6, 6.07) is 2.01. The zero-order valence-corrected chi connectivity index (χ0v) is 9.55. The quantitative estimate of drug-likeness (QED) is 0.648. The Hall–Kier alpha value is -0.590. The van der Waals surface area contributed by atoms with E-state index in [2.05, 4.69) is 25.2 Å². The van der Waals surface area contributed by atoms with Crippen molar-refractivity contribution in [1.82, 2.24) is 5.32 Å². The Kier molecular flexibility index (Phi) is 8.61. The molecule has 0 heterocycles. The van der Waals surface area contributed by atoms with E-state index in [-0.39, 0.29) is 6.04 Å². The molecule has 0 saturated heterocycles. The van der Waals surface area contributed by atoms with Crippen LogP contribution in [0.25, 0.3) is 0 Å². The van der Waals surface area contributed by atoms with Gasteiger partial charge in [-0.05, 0) is 18.9 Å². The van der Waals surface area contributed by atoms with E-state index < -0.39 is 0 Å². The molecule has 0 aromatic rings. The van der Waals surface area contributed by atoms with Crippen LogP contribution in [0, 0.1) is 17.2 Å². The maximum atomic E-state index is 8.73. The Labute approximate surface area is 87.4 Å². The Morgan fingerprint density at radius 3 is 2.57 bits per heavy atom. The van der Waals surface area contributed by atoms with E-state index in [9.17, 15) is 0 Å². The summed E-state index contributed by atoms with van der Waals surface area (Å²) in [7, 11) is 0. The van der Waals surface area contributed by atoms with Gasteiger partial charge in [-0.1, -0.05) is 27.2 Å². The molecule has 0 spiro atoms. The number of nitrogens with one attached hydrogen (secondary N) is 1. The summed E-state index contributed by atoms with van der Waals surface area (Å²) in [5, 5.41) is 11.8. The van der Waals surface area contributed by atoms with Crippen molar-refractivity contribution in [3.05, 3.63) is 0 Å². The zero-order valence-electron chi connectivity index (χ0n) is 9.55. The van der Waals surface area contributed by atoms with E-state index in [0.29, 0.717) is 12.5 Å². The normalized spacial score (nSPS) is 14.7. The maximum Gasteiger partial charge on any atom is 0.119 e. The fourth-order valence-electron chi connectivity index (χ4n) is 1.35. The van der Waals surface area contributed by atoms with Gasteiger partial charge in [0, 0.05) is 6.61 Å². The predicted octanol–water partition coefficient (Wildman–Crippen LogP) is 1.94. The van der Waals surface area contributed by atoms with E-state index in [1.165, 1.54) is 12.8 Å². The summed E-state index contributed by atoms with van der Waals surface area (Å²) in [6.45, 7) is 8.41. The minimum absolute atomic E-state index is 0.158. The number of rotatable bonds is 8. The summed E-state index contributed by atoms with van der Waals surface area (Å²) >= 11 is 0. The van der Waals surface area contributed by atoms with Crippen LogP contribution in [-0.4, -0.2) is 25.8 Å². The molecule has 0 fully saturated rings. The lowest BCUT2D eigenvalue weighted by molar-refractivity contribution is 0.0933. The Morgan fingerprint density at radius 1 is 1.36 bits per heavy atom. The molecule has 0 rings (SSSR count). The average molecular weight is 198 g/mol. The number of ether oxygens (including phenoxy) is 1. The first-order valence-corrected chi connectivity index (χ1v) is 5.45. The molecule has 3 heteroatoms. The van der Waals surface area contributed by atoms with Crippen LogP contribution < -0.4 is 5.32 Å². The molecule has 0 amide bonds. The van der Waals surface area contributed by atoms with Crippen LogP contribution in [0.1, 0.15) is 33.6 Å². The second-order valence-electron chi connectivity index (χ2n) is 3.67. The van der Waals surface area contributed by atoms with Crippen LogP contribution in [0.2, 0.25) is 0 Å². The third-order valence-electron chi connectivity index (χ3n) is 2.07. The van der Waals surface area contributed by atoms with Crippen LogP contribution in [0.5, 0.6) is 0 Å². The molecule has 1 N–H and O–H groups in total. The molecule has 0 aliphatic rings. The average Bonchev–Trinajstić information content (AvgIpc) is 2.17. The van der Waals surface area contributed by atoms with Crippen molar-refractivity contribution < 1.29 is 4.74 Å². The predicted molar refractivity (Wildman–Crippen MR) is 58.0 cm³/mol. The highest BCUT2D eigenvalue weighted by Gasteiger charge is 2.06. The molecule has 14 heavy (non-hydrogen) atoms. The number of likely N-dealkylation sites (N-methyl/N-ethyl adjacent to an activating group) is 1. The van der Waals surface area contributed by atoms with E-state index in [4.69, 9.17) is 10.00 Å². The first-order chi connectivity index (χ1) is 6.74. The molecule has 0 aliphatic carbocycles. The van der Waals surface area contributed by atoms with Gasteiger partial charge in [-0.2, -0.15) is 5.26 Å². The molecule has 0 radical (unpaired) electrons. The Balaban J connectivity index is 3.46. The molecule has 0 saturated carbocycles. The van der Waals surface area contributed by atoms with Crippen LogP contribution in [0.15, 0.2) is 0 Å². The van der Waals surface area contributed by atoms with Gasteiger partial charge in [0.15, 0.2) is 0 Å². The van der Waals surface area contributed by atoms with Gasteiger partial charge in [0.2, 0.25) is 0 Å². The lowest BCUT2D eigenvalue weighted by atomic mass is 10.1. The Morgan fingerprint density at radius 2 is 2.07 bits per heavy atom. The molecule has 82 valence electrons. The van der Waals surface area contributed by atoms with Gasteiger partial charge in [0.25, 0.3) is 0 Å². The van der Waals surface area contributed by atoms with Gasteiger partial charge in [-0.25, -0.2) is 0 Å². The summed E-state index contributed by atoms with van der Waals surface area (Å²) in [5.41, 5.74) is 0. The first-order valence-electron chi connectivity index (χ1n) is 5.45. The topological polar surface area (TPSA) is 45.0 Å². The fourth-order valence-corrected chi connectivity index (χ4v) is 1.35. The van der Waals surface area contributed by atoms with Crippen LogP contribution in [0.3, 0.4) is 0 Å². The van der Waals surface area contributed by atoms with Crippen LogP contribution >= 0.6 is 0 Å². The highest BCUT2D eigenvalue weighted by Crippen LogP contribution is 2.04. The standard InChI is InChI=1S/C11H22N2O/c1-4-6-10(3)8-14-9-11(7-12)13-5-2/h10-11,13H,4-6,8-9H2,1-3H3. The molecule has 0 aromatic carbocycles. The van der Waals surface area contributed by atoms with Crippen molar-refractivity contribution in [2.45, 2.75) is 39.7 Å². The molecule has 0 bridgehead atoms. The van der Waals surface area contributed by atoms with E-state index in [1.807, 2.05) is 6.92 Å². The van der Waals surface area contributed by atoms with E-state index >= 15 is 0 Å². The van der Waals surface area contributed by atoms with Gasteiger partial charge in [-0.15, -0.1) is 0 Å². The zero-order chi connectivity index (χ0) is 10.8. The lowest BCUT2D eigenvalue weighted by Crippen LogP contribution is -2.32. The van der Waals surface area contributed by atoms with Crippen molar-refractivity contribution in [1.29, 1.82) is 5.26 Å². The largest absolute Gasteiger partial charge is 0.378 e. The summed E-state index contributed by atoms with van der Waals surface area (Å²) in [5.74, 6) is 0.598. The molecular weight excluding hydrogens is 176 g/mol. The van der Waals surface area contributed by atoms with Crippen molar-refractivity contribution >= 4 is 0 Å². The van der Waals surface area contributed by atoms with Gasteiger partial charge in [0.05, 0.1) is 12.7 Å². The van der Waals surface area contributed by atoms with Crippen molar-refractivity contribution in [3.63, 3.8) is 0 Å². The van der Waals surface area contributed by atoms with Crippen LogP contribution in [0.4, 0.5) is 0 Å². The number of nitriles is 1. The highest BCUT2D eigenvalue weighted by atomic mass is 16.5. The number of hydrogen-bond acceptors (Lipinski definition) is 3. The smallest absolute Gasteiger partial charge is 0.119 e. The van der Waals surface area contributed by atoms with E-state index in [1.54, 1.807) is 0 Å². The minimum atomic E-state index is -0.158. The van der Waals surface area contributed by atoms with E-state index in [0.717, 1.165) is 13.2 Å². The van der Waals surface area contributed by atoms with Gasteiger partial charge < -0.3 is 10.1 Å². The van der Waals surface area contributed by atoms with Crippen molar-refractivity contribution in [3.8, 4) is 6.07 Å². The maximum absolute atomic E-state index is 8.73. The number of hydrogen-bond donors (Lipinski definition) is 1. The highest BCUT2D eigenvalue weighted by molar-refractivity contribution is 4.88. The second kappa shape index (κ2) is 8.98. The second-order valence-corrected chi connectivity index (χ2v) is 3.67. The minimum Gasteiger partial charge on any atom is -0.378 e. The molecule has 0 aliphatic heterocycles. The van der Waals surface area contributed by atoms with Gasteiger partial charge >= 0.3 is 0 Å². The summed E-state index contributed by atoms with van der Waals surface area (Å²) in [6.07, 6.45) is 2.39. The molecule has 2 atom stereocenters.